The summed E-state index contributed by atoms with van der Waals surface area (Å²) >= 11 is 9.67. The number of nitrogens with one attached hydrogen (secondary N) is 1. The van der Waals surface area contributed by atoms with Crippen LogP contribution in [0.3, 0.4) is 0 Å². The SMILES string of the molecule is CC(NC1CCN(S(C)(=O)=O)CC1)c1ccc(Br)cc1Cl. The molecule has 0 amide bonds. The highest BCUT2D eigenvalue weighted by Gasteiger charge is 2.26. The molecule has 0 bridgehead atoms. The Morgan fingerprint density at radius 3 is 2.52 bits per heavy atom. The van der Waals surface area contributed by atoms with Crippen molar-refractivity contribution in [1.29, 1.82) is 0 Å². The fraction of sp³-hybridized carbons (Fsp3) is 0.571. The lowest BCUT2D eigenvalue weighted by Gasteiger charge is -2.32. The van der Waals surface area contributed by atoms with Crippen molar-refractivity contribution in [1.82, 2.24) is 9.62 Å². The van der Waals surface area contributed by atoms with Gasteiger partial charge in [-0.25, -0.2) is 12.7 Å². The van der Waals surface area contributed by atoms with Crippen molar-refractivity contribution in [2.24, 2.45) is 0 Å². The Bertz CT molecular complexity index is 601. The molecule has 118 valence electrons. The van der Waals surface area contributed by atoms with Crippen LogP contribution in [-0.4, -0.2) is 38.1 Å². The number of halogens is 2. The zero-order valence-electron chi connectivity index (χ0n) is 12.1. The van der Waals surface area contributed by atoms with Crippen molar-refractivity contribution >= 4 is 37.6 Å². The molecule has 1 aromatic rings. The summed E-state index contributed by atoms with van der Waals surface area (Å²) in [5.41, 5.74) is 1.06. The molecule has 1 unspecified atom stereocenters. The van der Waals surface area contributed by atoms with E-state index in [9.17, 15) is 8.42 Å². The standard InChI is InChI=1S/C14H20BrClN2O2S/c1-10(13-4-3-11(15)9-14(13)16)17-12-5-7-18(8-6-12)21(2,19)20/h3-4,9-10,12,17H,5-8H2,1-2H3. The zero-order valence-corrected chi connectivity index (χ0v) is 15.3. The molecule has 0 spiro atoms. The molecule has 1 heterocycles. The van der Waals surface area contributed by atoms with Gasteiger partial charge in [0.2, 0.25) is 10.0 Å². The number of rotatable bonds is 4. The van der Waals surface area contributed by atoms with Crippen LogP contribution in [0.1, 0.15) is 31.4 Å². The lowest BCUT2D eigenvalue weighted by Crippen LogP contribution is -2.45. The van der Waals surface area contributed by atoms with Crippen molar-refractivity contribution in [2.75, 3.05) is 19.3 Å². The van der Waals surface area contributed by atoms with E-state index in [1.807, 2.05) is 18.2 Å². The third-order valence-electron chi connectivity index (χ3n) is 3.84. The van der Waals surface area contributed by atoms with Gasteiger partial charge < -0.3 is 5.32 Å². The van der Waals surface area contributed by atoms with Gasteiger partial charge in [-0.3, -0.25) is 0 Å². The number of nitrogens with zero attached hydrogens (tertiary/aromatic N) is 1. The summed E-state index contributed by atoms with van der Waals surface area (Å²) in [7, 11) is -3.06. The zero-order chi connectivity index (χ0) is 15.6. The molecule has 1 aliphatic heterocycles. The first-order chi connectivity index (χ1) is 9.77. The molecule has 0 aromatic heterocycles. The van der Waals surface area contributed by atoms with Gasteiger partial charge in [0.05, 0.1) is 6.26 Å². The molecule has 1 fully saturated rings. The minimum atomic E-state index is -3.06. The quantitative estimate of drug-likeness (QED) is 0.852. The smallest absolute Gasteiger partial charge is 0.211 e. The molecule has 1 N–H and O–H groups in total. The van der Waals surface area contributed by atoms with Gasteiger partial charge >= 0.3 is 0 Å². The fourth-order valence-corrected chi connectivity index (χ4v) is 4.36. The van der Waals surface area contributed by atoms with E-state index in [1.165, 1.54) is 6.26 Å². The van der Waals surface area contributed by atoms with Crippen LogP contribution in [0, 0.1) is 0 Å². The van der Waals surface area contributed by atoms with E-state index in [0.29, 0.717) is 19.1 Å². The van der Waals surface area contributed by atoms with Gasteiger partial charge in [-0.15, -0.1) is 0 Å². The van der Waals surface area contributed by atoms with Crippen molar-refractivity contribution in [3.63, 3.8) is 0 Å². The maximum absolute atomic E-state index is 11.5. The van der Waals surface area contributed by atoms with Crippen LogP contribution in [0.5, 0.6) is 0 Å². The molecule has 0 radical (unpaired) electrons. The van der Waals surface area contributed by atoms with Crippen LogP contribution in [0.4, 0.5) is 0 Å². The highest BCUT2D eigenvalue weighted by Crippen LogP contribution is 2.27. The van der Waals surface area contributed by atoms with Crippen LogP contribution in [0.15, 0.2) is 22.7 Å². The Morgan fingerprint density at radius 1 is 1.38 bits per heavy atom. The average molecular weight is 396 g/mol. The molecule has 4 nitrogen and oxygen atoms in total. The summed E-state index contributed by atoms with van der Waals surface area (Å²) < 4.78 is 25.5. The van der Waals surface area contributed by atoms with Gasteiger partial charge in [0.25, 0.3) is 0 Å². The first-order valence-electron chi connectivity index (χ1n) is 6.93. The van der Waals surface area contributed by atoms with Crippen LogP contribution >= 0.6 is 27.5 Å². The Morgan fingerprint density at radius 2 is 2.00 bits per heavy atom. The first-order valence-corrected chi connectivity index (χ1v) is 9.95. The first kappa shape index (κ1) is 17.2. The lowest BCUT2D eigenvalue weighted by molar-refractivity contribution is 0.278. The minimum absolute atomic E-state index is 0.139. The van der Waals surface area contributed by atoms with E-state index < -0.39 is 10.0 Å². The molecule has 0 saturated carbocycles. The highest BCUT2D eigenvalue weighted by molar-refractivity contribution is 9.10. The Balaban J connectivity index is 1.94. The maximum atomic E-state index is 11.5. The van der Waals surface area contributed by atoms with Gasteiger partial charge in [-0.05, 0) is 37.5 Å². The number of sulfonamides is 1. The summed E-state index contributed by atoms with van der Waals surface area (Å²) in [5, 5.41) is 4.28. The van der Waals surface area contributed by atoms with Crippen molar-refractivity contribution in [2.45, 2.75) is 31.8 Å². The van der Waals surface area contributed by atoms with E-state index in [2.05, 4.69) is 28.2 Å². The minimum Gasteiger partial charge on any atom is -0.307 e. The second-order valence-corrected chi connectivity index (χ2v) is 8.80. The summed E-state index contributed by atoms with van der Waals surface area (Å²) in [6.07, 6.45) is 2.92. The van der Waals surface area contributed by atoms with E-state index in [4.69, 9.17) is 11.6 Å². The summed E-state index contributed by atoms with van der Waals surface area (Å²) in [5.74, 6) is 0. The van der Waals surface area contributed by atoms with Crippen LogP contribution in [-0.2, 0) is 10.0 Å². The average Bonchev–Trinajstić information content (AvgIpc) is 2.38. The van der Waals surface area contributed by atoms with Gasteiger partial charge in [0.15, 0.2) is 0 Å². The summed E-state index contributed by atoms with van der Waals surface area (Å²) in [6.45, 7) is 3.24. The monoisotopic (exact) mass is 394 g/mol. The molecule has 0 aliphatic carbocycles. The maximum Gasteiger partial charge on any atom is 0.211 e. The van der Waals surface area contributed by atoms with Crippen molar-refractivity contribution in [3.8, 4) is 0 Å². The van der Waals surface area contributed by atoms with Crippen LogP contribution in [0.25, 0.3) is 0 Å². The van der Waals surface area contributed by atoms with Gasteiger partial charge in [-0.1, -0.05) is 33.6 Å². The fourth-order valence-electron chi connectivity index (χ4n) is 2.65. The Kier molecular flexibility index (Phi) is 5.71. The molecule has 1 aromatic carbocycles. The van der Waals surface area contributed by atoms with Gasteiger partial charge in [0.1, 0.15) is 0 Å². The van der Waals surface area contributed by atoms with E-state index >= 15 is 0 Å². The predicted molar refractivity (Wildman–Crippen MR) is 90.1 cm³/mol. The molecule has 7 heteroatoms. The normalized spacial score (nSPS) is 19.6. The lowest BCUT2D eigenvalue weighted by atomic mass is 10.0. The number of benzene rings is 1. The van der Waals surface area contributed by atoms with Crippen LogP contribution < -0.4 is 5.32 Å². The highest BCUT2D eigenvalue weighted by atomic mass is 79.9. The van der Waals surface area contributed by atoms with E-state index in [0.717, 1.165) is 27.9 Å². The molecular weight excluding hydrogens is 376 g/mol. The number of hydrogen-bond donors (Lipinski definition) is 1. The largest absolute Gasteiger partial charge is 0.307 e. The third kappa shape index (κ3) is 4.66. The molecule has 1 aliphatic rings. The van der Waals surface area contributed by atoms with Crippen molar-refractivity contribution in [3.05, 3.63) is 33.3 Å². The molecular formula is C14H20BrClN2O2S. The summed E-state index contributed by atoms with van der Waals surface area (Å²) in [6, 6.07) is 6.33. The second kappa shape index (κ2) is 6.96. The molecule has 21 heavy (non-hydrogen) atoms. The number of hydrogen-bond acceptors (Lipinski definition) is 3. The number of piperidine rings is 1. The van der Waals surface area contributed by atoms with E-state index in [-0.39, 0.29) is 6.04 Å². The van der Waals surface area contributed by atoms with Crippen molar-refractivity contribution < 1.29 is 8.42 Å². The summed E-state index contributed by atoms with van der Waals surface area (Å²) in [4.78, 5) is 0. The second-order valence-electron chi connectivity index (χ2n) is 5.49. The van der Waals surface area contributed by atoms with Gasteiger partial charge in [0, 0.05) is 34.7 Å². The molecule has 1 atom stereocenters. The Labute approximate surface area is 140 Å². The van der Waals surface area contributed by atoms with E-state index in [1.54, 1.807) is 4.31 Å². The van der Waals surface area contributed by atoms with Crippen LogP contribution in [0.2, 0.25) is 5.02 Å². The predicted octanol–water partition coefficient (Wildman–Crippen LogP) is 3.18. The molecule has 1 saturated heterocycles. The van der Waals surface area contributed by atoms with Gasteiger partial charge in [-0.2, -0.15) is 0 Å². The molecule has 2 rings (SSSR count). The Hall–Kier alpha value is -0.140. The topological polar surface area (TPSA) is 49.4 Å². The third-order valence-corrected chi connectivity index (χ3v) is 5.96.